The van der Waals surface area contributed by atoms with E-state index in [0.29, 0.717) is 23.2 Å². The van der Waals surface area contributed by atoms with Crippen molar-refractivity contribution in [3.05, 3.63) is 65.2 Å². The molecule has 1 saturated heterocycles. The van der Waals surface area contributed by atoms with Crippen LogP contribution in [0.4, 0.5) is 5.69 Å². The molecule has 27 heavy (non-hydrogen) atoms. The van der Waals surface area contributed by atoms with Crippen LogP contribution in [0.2, 0.25) is 0 Å². The molecule has 136 valence electrons. The predicted molar refractivity (Wildman–Crippen MR) is 103 cm³/mol. The van der Waals surface area contributed by atoms with Gasteiger partial charge in [0.25, 0.3) is 11.8 Å². The van der Waals surface area contributed by atoms with Crippen molar-refractivity contribution in [2.24, 2.45) is 5.41 Å². The summed E-state index contributed by atoms with van der Waals surface area (Å²) >= 11 is 0. The van der Waals surface area contributed by atoms with Gasteiger partial charge in [-0.05, 0) is 42.5 Å². The Kier molecular flexibility index (Phi) is 4.19. The number of para-hydroxylation sites is 1. The highest BCUT2D eigenvalue weighted by Crippen LogP contribution is 2.36. The second-order valence-electron chi connectivity index (χ2n) is 7.67. The maximum absolute atomic E-state index is 12.7. The van der Waals surface area contributed by atoms with Crippen molar-refractivity contribution in [2.45, 2.75) is 19.8 Å². The summed E-state index contributed by atoms with van der Waals surface area (Å²) in [6.45, 7) is 4.19. The van der Waals surface area contributed by atoms with E-state index in [9.17, 15) is 14.9 Å². The minimum atomic E-state index is -0.186. The average molecular weight is 359 g/mol. The van der Waals surface area contributed by atoms with Crippen LogP contribution in [-0.4, -0.2) is 36.3 Å². The lowest BCUT2D eigenvalue weighted by Gasteiger charge is -2.42. The van der Waals surface area contributed by atoms with Crippen molar-refractivity contribution < 1.29 is 9.59 Å². The van der Waals surface area contributed by atoms with Gasteiger partial charge in [0.2, 0.25) is 0 Å². The Bertz CT molecular complexity index is 917. The Morgan fingerprint density at radius 3 is 2.11 bits per heavy atom. The molecule has 2 aliphatic rings. The van der Waals surface area contributed by atoms with E-state index in [1.165, 1.54) is 4.90 Å². The van der Waals surface area contributed by atoms with Crippen molar-refractivity contribution in [3.8, 4) is 6.07 Å². The first-order valence-electron chi connectivity index (χ1n) is 9.22. The van der Waals surface area contributed by atoms with E-state index in [1.807, 2.05) is 24.3 Å². The lowest BCUT2D eigenvalue weighted by Crippen LogP contribution is -2.46. The Labute approximate surface area is 158 Å². The molecule has 5 nitrogen and oxygen atoms in total. The zero-order valence-corrected chi connectivity index (χ0v) is 15.3. The topological polar surface area (TPSA) is 64.4 Å². The van der Waals surface area contributed by atoms with Gasteiger partial charge in [0.15, 0.2) is 0 Å². The highest BCUT2D eigenvalue weighted by molar-refractivity contribution is 6.21. The number of piperidine rings is 1. The largest absolute Gasteiger partial charge is 0.370 e. The molecule has 0 bridgehead atoms. The van der Waals surface area contributed by atoms with Crippen LogP contribution in [-0.2, 0) is 0 Å². The number of hydrogen-bond donors (Lipinski definition) is 0. The van der Waals surface area contributed by atoms with Crippen LogP contribution in [0, 0.1) is 16.7 Å². The van der Waals surface area contributed by atoms with Gasteiger partial charge in [-0.25, -0.2) is 0 Å². The molecule has 0 spiro atoms. The van der Waals surface area contributed by atoms with Gasteiger partial charge in [0.05, 0.1) is 22.4 Å². The third kappa shape index (κ3) is 2.97. The number of carbonyl (C=O) groups excluding carboxylic acids is 2. The molecule has 4 rings (SSSR count). The molecule has 0 aromatic heterocycles. The normalized spacial score (nSPS) is 18.4. The summed E-state index contributed by atoms with van der Waals surface area (Å²) in [4.78, 5) is 28.9. The zero-order valence-electron chi connectivity index (χ0n) is 15.3. The Hall–Kier alpha value is -3.13. The van der Waals surface area contributed by atoms with Crippen molar-refractivity contribution in [1.82, 2.24) is 4.90 Å². The van der Waals surface area contributed by atoms with E-state index in [0.717, 1.165) is 31.6 Å². The number of imide groups is 1. The number of hydrogen-bond acceptors (Lipinski definition) is 4. The van der Waals surface area contributed by atoms with E-state index in [1.54, 1.807) is 24.3 Å². The second-order valence-corrected chi connectivity index (χ2v) is 7.67. The molecule has 2 aromatic rings. The minimum absolute atomic E-state index is 0.120. The molecule has 2 heterocycles. The highest BCUT2D eigenvalue weighted by Gasteiger charge is 2.41. The third-order valence-electron chi connectivity index (χ3n) is 5.75. The molecule has 0 unspecified atom stereocenters. The van der Waals surface area contributed by atoms with Gasteiger partial charge in [-0.1, -0.05) is 31.2 Å². The first-order valence-corrected chi connectivity index (χ1v) is 9.22. The Morgan fingerprint density at radius 1 is 0.963 bits per heavy atom. The number of rotatable bonds is 3. The summed E-state index contributed by atoms with van der Waals surface area (Å²) in [6.07, 6.45) is 1.72. The van der Waals surface area contributed by atoms with Crippen molar-refractivity contribution in [2.75, 3.05) is 24.5 Å². The molecule has 1 fully saturated rings. The van der Waals surface area contributed by atoms with Crippen LogP contribution >= 0.6 is 0 Å². The number of benzene rings is 2. The lowest BCUT2D eigenvalue weighted by molar-refractivity contribution is 0.0555. The summed E-state index contributed by atoms with van der Waals surface area (Å²) in [5.41, 5.74) is 2.54. The summed E-state index contributed by atoms with van der Waals surface area (Å²) in [7, 11) is 0. The number of fused-ring (bicyclic) bond motifs is 1. The van der Waals surface area contributed by atoms with Gasteiger partial charge in [-0.15, -0.1) is 0 Å². The quantitative estimate of drug-likeness (QED) is 0.787. The van der Waals surface area contributed by atoms with Crippen LogP contribution in [0.5, 0.6) is 0 Å². The fourth-order valence-corrected chi connectivity index (χ4v) is 4.05. The minimum Gasteiger partial charge on any atom is -0.370 e. The van der Waals surface area contributed by atoms with Crippen LogP contribution in [0.15, 0.2) is 48.5 Å². The Balaban J connectivity index is 1.47. The number of nitriles is 1. The first kappa shape index (κ1) is 17.3. The summed E-state index contributed by atoms with van der Waals surface area (Å²) in [6, 6.07) is 16.9. The molecule has 0 saturated carbocycles. The van der Waals surface area contributed by atoms with Crippen LogP contribution < -0.4 is 4.90 Å². The van der Waals surface area contributed by atoms with Crippen LogP contribution in [0.1, 0.15) is 46.0 Å². The van der Waals surface area contributed by atoms with E-state index >= 15 is 0 Å². The summed E-state index contributed by atoms with van der Waals surface area (Å²) in [5, 5.41) is 9.33. The van der Waals surface area contributed by atoms with Gasteiger partial charge in [0, 0.05) is 19.6 Å². The fourth-order valence-electron chi connectivity index (χ4n) is 4.05. The molecular formula is C22H21N3O2. The maximum Gasteiger partial charge on any atom is 0.261 e. The van der Waals surface area contributed by atoms with Crippen molar-refractivity contribution in [3.63, 3.8) is 0 Å². The van der Waals surface area contributed by atoms with Crippen molar-refractivity contribution in [1.29, 1.82) is 5.26 Å². The van der Waals surface area contributed by atoms with Gasteiger partial charge >= 0.3 is 0 Å². The number of carbonyl (C=O) groups is 2. The van der Waals surface area contributed by atoms with E-state index < -0.39 is 0 Å². The van der Waals surface area contributed by atoms with E-state index in [2.05, 4.69) is 17.9 Å². The number of nitrogens with zero attached hydrogens (tertiary/aromatic N) is 3. The maximum atomic E-state index is 12.7. The molecule has 2 amide bonds. The smallest absolute Gasteiger partial charge is 0.261 e. The molecule has 2 aliphatic heterocycles. The zero-order chi connectivity index (χ0) is 19.0. The van der Waals surface area contributed by atoms with Crippen molar-refractivity contribution >= 4 is 17.5 Å². The summed E-state index contributed by atoms with van der Waals surface area (Å²) < 4.78 is 0. The fraction of sp³-hybridized carbons (Fsp3) is 0.318. The SMILES string of the molecule is CC1(CN2C(=O)c3ccccc3C2=O)CCN(c2ccccc2C#N)CC1. The molecule has 0 atom stereocenters. The van der Waals surface area contributed by atoms with Gasteiger partial charge in [-0.3, -0.25) is 14.5 Å². The second kappa shape index (κ2) is 6.55. The van der Waals surface area contributed by atoms with Gasteiger partial charge < -0.3 is 4.90 Å². The van der Waals surface area contributed by atoms with E-state index in [4.69, 9.17) is 0 Å². The van der Waals surface area contributed by atoms with Gasteiger partial charge in [-0.2, -0.15) is 5.26 Å². The van der Waals surface area contributed by atoms with Gasteiger partial charge in [0.1, 0.15) is 6.07 Å². The highest BCUT2D eigenvalue weighted by atomic mass is 16.2. The predicted octanol–water partition coefficient (Wildman–Crippen LogP) is 3.46. The Morgan fingerprint density at radius 2 is 1.52 bits per heavy atom. The number of anilines is 1. The monoisotopic (exact) mass is 359 g/mol. The lowest BCUT2D eigenvalue weighted by atomic mass is 9.79. The van der Waals surface area contributed by atoms with Crippen LogP contribution in [0.25, 0.3) is 0 Å². The first-order chi connectivity index (χ1) is 13.0. The molecule has 0 N–H and O–H groups in total. The summed E-state index contributed by atoms with van der Waals surface area (Å²) in [5.74, 6) is -0.372. The number of amides is 2. The third-order valence-corrected chi connectivity index (χ3v) is 5.75. The van der Waals surface area contributed by atoms with Crippen LogP contribution in [0.3, 0.4) is 0 Å². The molecule has 0 radical (unpaired) electrons. The molecule has 0 aliphatic carbocycles. The molecular weight excluding hydrogens is 338 g/mol. The average Bonchev–Trinajstić information content (AvgIpc) is 2.93. The van der Waals surface area contributed by atoms with E-state index in [-0.39, 0.29) is 17.2 Å². The molecule has 2 aromatic carbocycles. The molecule has 5 heteroatoms. The standard InChI is InChI=1S/C22H21N3O2/c1-22(15-25-20(26)17-7-3-4-8-18(17)21(25)27)10-12-24(13-11-22)19-9-5-2-6-16(19)14-23/h2-9H,10-13,15H2,1H3.